The van der Waals surface area contributed by atoms with E-state index in [2.05, 4.69) is 10.6 Å². The van der Waals surface area contributed by atoms with Gasteiger partial charge in [-0.05, 0) is 43.2 Å². The van der Waals surface area contributed by atoms with Crippen molar-refractivity contribution in [1.29, 1.82) is 0 Å². The minimum atomic E-state index is -0.300. The number of rotatable bonds is 10. The van der Waals surface area contributed by atoms with E-state index in [1.165, 1.54) is 6.26 Å². The van der Waals surface area contributed by atoms with Gasteiger partial charge in [0, 0.05) is 19.5 Å². The lowest BCUT2D eigenvalue weighted by Crippen LogP contribution is -2.34. The first-order valence-electron chi connectivity index (χ1n) is 8.52. The van der Waals surface area contributed by atoms with Crippen LogP contribution in [0.2, 0.25) is 0 Å². The third-order valence-electron chi connectivity index (χ3n) is 3.65. The van der Waals surface area contributed by atoms with Crippen molar-refractivity contribution in [2.75, 3.05) is 26.8 Å². The minimum absolute atomic E-state index is 0.0786. The summed E-state index contributed by atoms with van der Waals surface area (Å²) >= 11 is 0. The lowest BCUT2D eigenvalue weighted by molar-refractivity contribution is -0.121. The maximum absolute atomic E-state index is 11.9. The third-order valence-corrected chi connectivity index (χ3v) is 3.65. The van der Waals surface area contributed by atoms with E-state index in [9.17, 15) is 9.59 Å². The fourth-order valence-corrected chi connectivity index (χ4v) is 2.36. The topological polar surface area (TPSA) is 89.8 Å². The molecule has 2 aromatic rings. The summed E-state index contributed by atoms with van der Waals surface area (Å²) in [7, 11) is 1.59. The first-order chi connectivity index (χ1) is 12.6. The van der Waals surface area contributed by atoms with Gasteiger partial charge in [-0.25, -0.2) is 0 Å². The Morgan fingerprint density at radius 3 is 2.62 bits per heavy atom. The van der Waals surface area contributed by atoms with E-state index in [-0.39, 0.29) is 17.6 Å². The lowest BCUT2D eigenvalue weighted by Gasteiger charge is -2.11. The van der Waals surface area contributed by atoms with Crippen LogP contribution in [0.15, 0.2) is 41.0 Å². The van der Waals surface area contributed by atoms with E-state index >= 15 is 0 Å². The molecule has 1 heterocycles. The molecule has 0 saturated carbocycles. The number of aryl methyl sites for hydroxylation is 1. The standard InChI is InChI=1S/C19H24N2O5/c1-3-25-15-8-6-14(13-17(15)24-2)7-9-18(22)20-10-11-21-19(23)16-5-4-12-26-16/h4-6,8,12-13H,3,7,9-11H2,1-2H3,(H,20,22)(H,21,23). The Hall–Kier alpha value is -2.96. The van der Waals surface area contributed by atoms with E-state index in [0.717, 1.165) is 5.56 Å². The third kappa shape index (κ3) is 5.84. The van der Waals surface area contributed by atoms with Crippen LogP contribution in [-0.4, -0.2) is 38.6 Å². The van der Waals surface area contributed by atoms with E-state index < -0.39 is 0 Å². The smallest absolute Gasteiger partial charge is 0.287 e. The van der Waals surface area contributed by atoms with Gasteiger partial charge < -0.3 is 24.5 Å². The summed E-state index contributed by atoms with van der Waals surface area (Å²) < 4.78 is 15.8. The zero-order chi connectivity index (χ0) is 18.8. The number of nitrogens with one attached hydrogen (secondary N) is 2. The highest BCUT2D eigenvalue weighted by atomic mass is 16.5. The second-order valence-electron chi connectivity index (χ2n) is 5.50. The zero-order valence-corrected chi connectivity index (χ0v) is 15.0. The number of hydrogen-bond acceptors (Lipinski definition) is 5. The monoisotopic (exact) mass is 360 g/mol. The number of amides is 2. The summed E-state index contributed by atoms with van der Waals surface area (Å²) in [5, 5.41) is 5.44. The predicted octanol–water partition coefficient (Wildman–Crippen LogP) is 2.17. The Morgan fingerprint density at radius 1 is 1.12 bits per heavy atom. The summed E-state index contributed by atoms with van der Waals surface area (Å²) in [6.45, 7) is 3.17. The van der Waals surface area contributed by atoms with Crippen molar-refractivity contribution in [3.05, 3.63) is 47.9 Å². The van der Waals surface area contributed by atoms with Crippen molar-refractivity contribution in [3.8, 4) is 11.5 Å². The van der Waals surface area contributed by atoms with Gasteiger partial charge in [-0.1, -0.05) is 6.07 Å². The van der Waals surface area contributed by atoms with Gasteiger partial charge in [-0.2, -0.15) is 0 Å². The summed E-state index contributed by atoms with van der Waals surface area (Å²) in [6.07, 6.45) is 2.38. The molecule has 0 atom stereocenters. The molecule has 2 rings (SSSR count). The van der Waals surface area contributed by atoms with E-state index in [1.807, 2.05) is 25.1 Å². The maximum Gasteiger partial charge on any atom is 0.287 e. The molecular weight excluding hydrogens is 336 g/mol. The number of carbonyl (C=O) groups is 2. The summed E-state index contributed by atoms with van der Waals surface area (Å²) in [4.78, 5) is 23.6. The molecule has 2 N–H and O–H groups in total. The SMILES string of the molecule is CCOc1ccc(CCC(=O)NCCNC(=O)c2ccco2)cc1OC. The van der Waals surface area contributed by atoms with Crippen molar-refractivity contribution in [2.45, 2.75) is 19.8 Å². The molecule has 0 unspecified atom stereocenters. The van der Waals surface area contributed by atoms with E-state index in [4.69, 9.17) is 13.9 Å². The van der Waals surface area contributed by atoms with Crippen molar-refractivity contribution in [2.24, 2.45) is 0 Å². The highest BCUT2D eigenvalue weighted by molar-refractivity contribution is 5.91. The minimum Gasteiger partial charge on any atom is -0.493 e. The van der Waals surface area contributed by atoms with Crippen LogP contribution in [0.4, 0.5) is 0 Å². The van der Waals surface area contributed by atoms with Gasteiger partial charge in [0.2, 0.25) is 5.91 Å². The predicted molar refractivity (Wildman–Crippen MR) is 96.5 cm³/mol. The molecule has 1 aromatic heterocycles. The molecule has 140 valence electrons. The number of benzene rings is 1. The van der Waals surface area contributed by atoms with Crippen LogP contribution in [0.5, 0.6) is 11.5 Å². The summed E-state index contributed by atoms with van der Waals surface area (Å²) in [5.74, 6) is 1.22. The fourth-order valence-electron chi connectivity index (χ4n) is 2.36. The Morgan fingerprint density at radius 2 is 1.92 bits per heavy atom. The molecule has 0 spiro atoms. The number of ether oxygens (including phenoxy) is 2. The molecule has 2 amide bonds. The quantitative estimate of drug-likeness (QED) is 0.634. The van der Waals surface area contributed by atoms with Crippen LogP contribution < -0.4 is 20.1 Å². The maximum atomic E-state index is 11.9. The van der Waals surface area contributed by atoms with Crippen LogP contribution in [0, 0.1) is 0 Å². The molecule has 7 nitrogen and oxygen atoms in total. The number of furan rings is 1. The molecule has 26 heavy (non-hydrogen) atoms. The first-order valence-corrected chi connectivity index (χ1v) is 8.52. The number of carbonyl (C=O) groups excluding carboxylic acids is 2. The highest BCUT2D eigenvalue weighted by Crippen LogP contribution is 2.28. The average molecular weight is 360 g/mol. The normalized spacial score (nSPS) is 10.2. The average Bonchev–Trinajstić information content (AvgIpc) is 3.19. The van der Waals surface area contributed by atoms with Crippen LogP contribution in [0.25, 0.3) is 0 Å². The Kier molecular flexibility index (Phi) is 7.54. The molecule has 1 aromatic carbocycles. The van der Waals surface area contributed by atoms with Gasteiger partial charge in [0.15, 0.2) is 17.3 Å². The van der Waals surface area contributed by atoms with Crippen molar-refractivity contribution in [3.63, 3.8) is 0 Å². The van der Waals surface area contributed by atoms with Gasteiger partial charge in [-0.3, -0.25) is 9.59 Å². The van der Waals surface area contributed by atoms with Gasteiger partial charge >= 0.3 is 0 Å². The van der Waals surface area contributed by atoms with Gasteiger partial charge in [0.25, 0.3) is 5.91 Å². The van der Waals surface area contributed by atoms with Gasteiger partial charge in [0.05, 0.1) is 20.0 Å². The first kappa shape index (κ1) is 19.4. The van der Waals surface area contributed by atoms with Crippen molar-refractivity contribution >= 4 is 11.8 Å². The Bertz CT molecular complexity index is 713. The molecule has 0 aliphatic rings. The summed E-state index contributed by atoms with van der Waals surface area (Å²) in [6, 6.07) is 8.87. The fraction of sp³-hybridized carbons (Fsp3) is 0.368. The Balaban J connectivity index is 1.69. The van der Waals surface area contributed by atoms with Crippen LogP contribution >= 0.6 is 0 Å². The van der Waals surface area contributed by atoms with Gasteiger partial charge in [0.1, 0.15) is 0 Å². The zero-order valence-electron chi connectivity index (χ0n) is 15.0. The number of hydrogen-bond donors (Lipinski definition) is 2. The van der Waals surface area contributed by atoms with Crippen LogP contribution in [0.1, 0.15) is 29.5 Å². The van der Waals surface area contributed by atoms with Crippen LogP contribution in [0.3, 0.4) is 0 Å². The summed E-state index contributed by atoms with van der Waals surface area (Å²) in [5.41, 5.74) is 0.992. The van der Waals surface area contributed by atoms with Crippen LogP contribution in [-0.2, 0) is 11.2 Å². The molecule has 0 bridgehead atoms. The number of methoxy groups -OCH3 is 1. The molecule has 0 aliphatic carbocycles. The lowest BCUT2D eigenvalue weighted by atomic mass is 10.1. The van der Waals surface area contributed by atoms with Crippen molar-refractivity contribution < 1.29 is 23.5 Å². The molecule has 0 saturated heterocycles. The second-order valence-corrected chi connectivity index (χ2v) is 5.50. The molecular formula is C19H24N2O5. The molecule has 7 heteroatoms. The van der Waals surface area contributed by atoms with Gasteiger partial charge in [-0.15, -0.1) is 0 Å². The molecule has 0 fully saturated rings. The molecule has 0 radical (unpaired) electrons. The van der Waals surface area contributed by atoms with E-state index in [1.54, 1.807) is 19.2 Å². The van der Waals surface area contributed by atoms with Crippen molar-refractivity contribution in [1.82, 2.24) is 10.6 Å². The molecule has 0 aliphatic heterocycles. The largest absolute Gasteiger partial charge is 0.493 e. The van der Waals surface area contributed by atoms with E-state index in [0.29, 0.717) is 44.0 Å². The second kappa shape index (κ2) is 10.1. The Labute approximate surface area is 152 Å². The highest BCUT2D eigenvalue weighted by Gasteiger charge is 2.09.